The van der Waals surface area contributed by atoms with Crippen LogP contribution in [0.5, 0.6) is 0 Å². The third kappa shape index (κ3) is 4.07. The number of rotatable bonds is 5. The fourth-order valence-electron chi connectivity index (χ4n) is 3.73. The Kier molecular flexibility index (Phi) is 5.39. The number of anilines is 1. The van der Waals surface area contributed by atoms with Gasteiger partial charge in [0, 0.05) is 42.0 Å². The van der Waals surface area contributed by atoms with Crippen LogP contribution in [0.1, 0.15) is 55.8 Å². The highest BCUT2D eigenvalue weighted by Crippen LogP contribution is 2.29. The first-order valence-electron chi connectivity index (χ1n) is 9.95. The molecule has 0 spiro atoms. The van der Waals surface area contributed by atoms with E-state index in [2.05, 4.69) is 58.1 Å². The largest absolute Gasteiger partial charge is 0.398 e. The van der Waals surface area contributed by atoms with Crippen molar-refractivity contribution < 1.29 is 4.52 Å². The minimum Gasteiger partial charge on any atom is -0.398 e. The van der Waals surface area contributed by atoms with E-state index < -0.39 is 0 Å². The van der Waals surface area contributed by atoms with Gasteiger partial charge in [-0.15, -0.1) is 0 Å². The first-order chi connectivity index (χ1) is 13.6. The number of benzene rings is 1. The minimum atomic E-state index is 0.304. The molecule has 0 unspecified atom stereocenters. The molecule has 2 aromatic heterocycles. The second-order valence-electron chi connectivity index (χ2n) is 7.86. The molecule has 146 valence electrons. The molecule has 0 bridgehead atoms. The number of piperidine rings is 1. The molecule has 0 radical (unpaired) electrons. The van der Waals surface area contributed by atoms with Gasteiger partial charge in [-0.2, -0.15) is 4.98 Å². The van der Waals surface area contributed by atoms with Crippen molar-refractivity contribution in [3.8, 4) is 11.1 Å². The second-order valence-corrected chi connectivity index (χ2v) is 7.86. The highest BCUT2D eigenvalue weighted by Gasteiger charge is 2.25. The van der Waals surface area contributed by atoms with Crippen molar-refractivity contribution in [2.75, 3.05) is 18.8 Å². The van der Waals surface area contributed by atoms with E-state index in [1.165, 1.54) is 5.56 Å². The number of nitrogen functional groups attached to an aromatic ring is 1. The van der Waals surface area contributed by atoms with Gasteiger partial charge in [-0.1, -0.05) is 37.2 Å². The van der Waals surface area contributed by atoms with Gasteiger partial charge in [-0.3, -0.25) is 9.88 Å². The van der Waals surface area contributed by atoms with Gasteiger partial charge in [-0.05, 0) is 49.2 Å². The van der Waals surface area contributed by atoms with Gasteiger partial charge in [0.1, 0.15) is 0 Å². The highest BCUT2D eigenvalue weighted by molar-refractivity contribution is 5.75. The summed E-state index contributed by atoms with van der Waals surface area (Å²) in [6, 6.07) is 10.4. The molecule has 4 rings (SSSR count). The standard InChI is InChI=1S/C22H27N5O/c1-15(2)21-25-22(28-26-21)17-7-10-27(11-8-17)14-16-4-3-5-18(12-16)19-13-24-9-6-20(19)23/h3-6,9,12-13,15,17H,7-8,10-11,14H2,1-2H3,(H2,23,24). The Morgan fingerprint density at radius 3 is 2.75 bits per heavy atom. The zero-order chi connectivity index (χ0) is 19.5. The summed E-state index contributed by atoms with van der Waals surface area (Å²) in [5.74, 6) is 2.29. The van der Waals surface area contributed by atoms with Gasteiger partial charge >= 0.3 is 0 Å². The number of hydrogen-bond donors (Lipinski definition) is 1. The second kappa shape index (κ2) is 8.10. The predicted molar refractivity (Wildman–Crippen MR) is 110 cm³/mol. The first kappa shape index (κ1) is 18.6. The van der Waals surface area contributed by atoms with Crippen LogP contribution in [0.3, 0.4) is 0 Å². The third-order valence-corrected chi connectivity index (χ3v) is 5.41. The minimum absolute atomic E-state index is 0.304. The van der Waals surface area contributed by atoms with Gasteiger partial charge in [0.05, 0.1) is 0 Å². The average molecular weight is 377 g/mol. The number of nitrogens with zero attached hydrogens (tertiary/aromatic N) is 4. The number of nitrogens with two attached hydrogens (primary N) is 1. The van der Waals surface area contributed by atoms with E-state index in [-0.39, 0.29) is 0 Å². The van der Waals surface area contributed by atoms with Gasteiger partial charge < -0.3 is 10.3 Å². The first-order valence-corrected chi connectivity index (χ1v) is 9.95. The Hall–Kier alpha value is -2.73. The molecular formula is C22H27N5O. The van der Waals surface area contributed by atoms with E-state index >= 15 is 0 Å². The Balaban J connectivity index is 1.38. The van der Waals surface area contributed by atoms with Crippen molar-refractivity contribution >= 4 is 5.69 Å². The van der Waals surface area contributed by atoms with Crippen LogP contribution in [0.4, 0.5) is 5.69 Å². The molecule has 0 aliphatic carbocycles. The van der Waals surface area contributed by atoms with Crippen molar-refractivity contribution in [1.82, 2.24) is 20.0 Å². The van der Waals surface area contributed by atoms with Crippen LogP contribution >= 0.6 is 0 Å². The quantitative estimate of drug-likeness (QED) is 0.717. The third-order valence-electron chi connectivity index (χ3n) is 5.41. The van der Waals surface area contributed by atoms with Crippen LogP contribution in [0, 0.1) is 0 Å². The van der Waals surface area contributed by atoms with Gasteiger partial charge in [0.15, 0.2) is 5.82 Å². The Labute approximate surface area is 165 Å². The molecular weight excluding hydrogens is 350 g/mol. The lowest BCUT2D eigenvalue weighted by Gasteiger charge is -2.30. The van der Waals surface area contributed by atoms with Crippen LogP contribution in [0.2, 0.25) is 0 Å². The van der Waals surface area contributed by atoms with Crippen LogP contribution in [0.25, 0.3) is 11.1 Å². The lowest BCUT2D eigenvalue weighted by molar-refractivity contribution is 0.187. The SMILES string of the molecule is CC(C)c1noc(C2CCN(Cc3cccc(-c4cnccc4N)c3)CC2)n1. The number of aromatic nitrogens is 3. The lowest BCUT2D eigenvalue weighted by Crippen LogP contribution is -2.32. The molecule has 3 aromatic rings. The van der Waals surface area contributed by atoms with Crippen LogP contribution < -0.4 is 5.73 Å². The number of hydrogen-bond acceptors (Lipinski definition) is 6. The van der Waals surface area contributed by atoms with E-state index in [0.717, 1.165) is 61.0 Å². The maximum Gasteiger partial charge on any atom is 0.229 e. The molecule has 1 aromatic carbocycles. The number of likely N-dealkylation sites (tertiary alicyclic amines) is 1. The molecule has 1 saturated heterocycles. The predicted octanol–water partition coefficient (Wildman–Crippen LogP) is 4.22. The molecule has 1 fully saturated rings. The fraction of sp³-hybridized carbons (Fsp3) is 0.409. The Bertz CT molecular complexity index is 928. The van der Waals surface area contributed by atoms with Crippen molar-refractivity contribution in [1.29, 1.82) is 0 Å². The van der Waals surface area contributed by atoms with E-state index in [0.29, 0.717) is 11.8 Å². The summed E-state index contributed by atoms with van der Waals surface area (Å²) in [7, 11) is 0. The van der Waals surface area contributed by atoms with E-state index in [4.69, 9.17) is 10.3 Å². The van der Waals surface area contributed by atoms with Gasteiger partial charge in [0.25, 0.3) is 0 Å². The van der Waals surface area contributed by atoms with Crippen LogP contribution in [0.15, 0.2) is 47.2 Å². The maximum atomic E-state index is 6.11. The van der Waals surface area contributed by atoms with Crippen molar-refractivity contribution in [3.05, 3.63) is 60.0 Å². The molecule has 2 N–H and O–H groups in total. The van der Waals surface area contributed by atoms with Gasteiger partial charge in [-0.25, -0.2) is 0 Å². The van der Waals surface area contributed by atoms with Crippen LogP contribution in [-0.4, -0.2) is 33.1 Å². The maximum absolute atomic E-state index is 6.11. The molecule has 28 heavy (non-hydrogen) atoms. The lowest BCUT2D eigenvalue weighted by atomic mass is 9.96. The van der Waals surface area contributed by atoms with E-state index in [1.54, 1.807) is 6.20 Å². The Morgan fingerprint density at radius 1 is 1.21 bits per heavy atom. The van der Waals surface area contributed by atoms with E-state index in [1.807, 2.05) is 12.3 Å². The molecule has 0 amide bonds. The molecule has 6 heteroatoms. The zero-order valence-corrected chi connectivity index (χ0v) is 16.5. The van der Waals surface area contributed by atoms with Crippen molar-refractivity contribution in [2.45, 2.75) is 45.1 Å². The summed E-state index contributed by atoms with van der Waals surface area (Å²) in [5.41, 5.74) is 10.3. The average Bonchev–Trinajstić information content (AvgIpc) is 3.20. The summed E-state index contributed by atoms with van der Waals surface area (Å²) >= 11 is 0. The number of pyridine rings is 1. The van der Waals surface area contributed by atoms with Crippen molar-refractivity contribution in [3.63, 3.8) is 0 Å². The topological polar surface area (TPSA) is 81.1 Å². The monoisotopic (exact) mass is 377 g/mol. The smallest absolute Gasteiger partial charge is 0.229 e. The zero-order valence-electron chi connectivity index (χ0n) is 16.5. The molecule has 6 nitrogen and oxygen atoms in total. The summed E-state index contributed by atoms with van der Waals surface area (Å²) in [6.07, 6.45) is 5.65. The van der Waals surface area contributed by atoms with Gasteiger partial charge in [0.2, 0.25) is 5.89 Å². The molecule has 0 atom stereocenters. The highest BCUT2D eigenvalue weighted by atomic mass is 16.5. The fourth-order valence-corrected chi connectivity index (χ4v) is 3.73. The molecule has 1 aliphatic rings. The summed E-state index contributed by atoms with van der Waals surface area (Å²) in [5, 5.41) is 4.11. The summed E-state index contributed by atoms with van der Waals surface area (Å²) in [4.78, 5) is 11.3. The van der Waals surface area contributed by atoms with Crippen molar-refractivity contribution in [2.24, 2.45) is 0 Å². The molecule has 1 aliphatic heterocycles. The van der Waals surface area contributed by atoms with Crippen LogP contribution in [-0.2, 0) is 6.54 Å². The van der Waals surface area contributed by atoms with E-state index in [9.17, 15) is 0 Å². The summed E-state index contributed by atoms with van der Waals surface area (Å²) < 4.78 is 5.50. The Morgan fingerprint density at radius 2 is 2.04 bits per heavy atom. The summed E-state index contributed by atoms with van der Waals surface area (Å²) in [6.45, 7) is 7.17. The normalized spacial score (nSPS) is 16.0. The molecule has 3 heterocycles. The molecule has 0 saturated carbocycles.